The topological polar surface area (TPSA) is 3.24 Å². The molecule has 0 aromatic carbocycles. The van der Waals surface area contributed by atoms with Gasteiger partial charge in [0.15, 0.2) is 0 Å². The van der Waals surface area contributed by atoms with E-state index in [1.165, 1.54) is 32.1 Å². The van der Waals surface area contributed by atoms with Crippen molar-refractivity contribution in [3.8, 4) is 0 Å². The number of rotatable bonds is 6. The Hall–Kier alpha value is -0.0400. The van der Waals surface area contributed by atoms with Crippen molar-refractivity contribution in [3.05, 3.63) is 0 Å². The first-order valence-electron chi connectivity index (χ1n) is 6.06. The maximum absolute atomic E-state index is 2.38. The van der Waals surface area contributed by atoms with E-state index in [4.69, 9.17) is 0 Å². The molecule has 0 bridgehead atoms. The highest BCUT2D eigenvalue weighted by Gasteiger charge is 2.25. The summed E-state index contributed by atoms with van der Waals surface area (Å²) in [5.74, 6) is 0. The standard InChI is InChI=1S/C13H29N/c1-7-8-9-10-11-12(14(5)6)13(2,3)4/h12H,7-11H2,1-6H3. The zero-order valence-electron chi connectivity index (χ0n) is 11.1. The SMILES string of the molecule is CCCCCCC(N(C)C)C(C)(C)C. The van der Waals surface area contributed by atoms with Crippen LogP contribution in [0.4, 0.5) is 0 Å². The molecule has 1 unspecified atom stereocenters. The smallest absolute Gasteiger partial charge is 0.0138 e. The lowest BCUT2D eigenvalue weighted by molar-refractivity contribution is 0.139. The fraction of sp³-hybridized carbons (Fsp3) is 1.00. The second-order valence-corrected chi connectivity index (χ2v) is 5.69. The second-order valence-electron chi connectivity index (χ2n) is 5.69. The van der Waals surface area contributed by atoms with Crippen LogP contribution in [0.1, 0.15) is 59.8 Å². The van der Waals surface area contributed by atoms with E-state index in [1.54, 1.807) is 0 Å². The van der Waals surface area contributed by atoms with Gasteiger partial charge < -0.3 is 4.90 Å². The predicted octanol–water partition coefficient (Wildman–Crippen LogP) is 3.93. The van der Waals surface area contributed by atoms with Gasteiger partial charge in [-0.2, -0.15) is 0 Å². The van der Waals surface area contributed by atoms with Crippen LogP contribution in [-0.4, -0.2) is 25.0 Å². The number of unbranched alkanes of at least 4 members (excludes halogenated alkanes) is 3. The lowest BCUT2D eigenvalue weighted by Crippen LogP contribution is -2.39. The van der Waals surface area contributed by atoms with Crippen LogP contribution < -0.4 is 0 Å². The van der Waals surface area contributed by atoms with Crippen molar-refractivity contribution in [3.63, 3.8) is 0 Å². The summed E-state index contributed by atoms with van der Waals surface area (Å²) in [6.45, 7) is 9.31. The Morgan fingerprint density at radius 1 is 1.00 bits per heavy atom. The third kappa shape index (κ3) is 5.64. The molecule has 1 heteroatoms. The molecular formula is C13H29N. The highest BCUT2D eigenvalue weighted by Crippen LogP contribution is 2.27. The first kappa shape index (κ1) is 14.0. The number of nitrogens with zero attached hydrogens (tertiary/aromatic N) is 1. The summed E-state index contributed by atoms with van der Waals surface area (Å²) in [6.07, 6.45) is 6.85. The molecule has 0 spiro atoms. The normalized spacial score (nSPS) is 14.8. The predicted molar refractivity (Wildman–Crippen MR) is 65.7 cm³/mol. The van der Waals surface area contributed by atoms with Crippen LogP contribution in [0.15, 0.2) is 0 Å². The molecule has 0 aromatic rings. The lowest BCUT2D eigenvalue weighted by Gasteiger charge is -2.36. The summed E-state index contributed by atoms with van der Waals surface area (Å²) in [5, 5.41) is 0. The Bertz CT molecular complexity index is 133. The van der Waals surface area contributed by atoms with Crippen LogP contribution in [0.25, 0.3) is 0 Å². The molecule has 0 saturated carbocycles. The summed E-state index contributed by atoms with van der Waals surface area (Å²) in [5.41, 5.74) is 0.412. The lowest BCUT2D eigenvalue weighted by atomic mass is 9.83. The molecule has 0 aromatic heterocycles. The highest BCUT2D eigenvalue weighted by atomic mass is 15.1. The van der Waals surface area contributed by atoms with E-state index >= 15 is 0 Å². The summed E-state index contributed by atoms with van der Waals surface area (Å²) in [7, 11) is 4.41. The van der Waals surface area contributed by atoms with Crippen LogP contribution in [-0.2, 0) is 0 Å². The van der Waals surface area contributed by atoms with Gasteiger partial charge in [-0.25, -0.2) is 0 Å². The fourth-order valence-electron chi connectivity index (χ4n) is 2.23. The van der Waals surface area contributed by atoms with Gasteiger partial charge in [-0.15, -0.1) is 0 Å². The third-order valence-electron chi connectivity index (χ3n) is 2.95. The Labute approximate surface area is 90.9 Å². The first-order valence-corrected chi connectivity index (χ1v) is 6.06. The molecule has 0 saturated heterocycles. The highest BCUT2D eigenvalue weighted by molar-refractivity contribution is 4.79. The largest absolute Gasteiger partial charge is 0.306 e. The van der Waals surface area contributed by atoms with Crippen molar-refractivity contribution < 1.29 is 0 Å². The number of hydrogen-bond donors (Lipinski definition) is 0. The summed E-state index contributed by atoms with van der Waals surface area (Å²) >= 11 is 0. The molecule has 0 heterocycles. The maximum Gasteiger partial charge on any atom is 0.0138 e. The van der Waals surface area contributed by atoms with E-state index < -0.39 is 0 Å². The van der Waals surface area contributed by atoms with E-state index in [-0.39, 0.29) is 0 Å². The molecule has 0 aliphatic heterocycles. The minimum absolute atomic E-state index is 0.412. The van der Waals surface area contributed by atoms with Crippen LogP contribution in [0.2, 0.25) is 0 Å². The molecule has 0 N–H and O–H groups in total. The molecule has 1 atom stereocenters. The molecule has 0 amide bonds. The van der Waals surface area contributed by atoms with Gasteiger partial charge in [-0.05, 0) is 25.9 Å². The summed E-state index contributed by atoms with van der Waals surface area (Å²) in [4.78, 5) is 2.38. The van der Waals surface area contributed by atoms with Crippen molar-refractivity contribution in [2.45, 2.75) is 65.8 Å². The summed E-state index contributed by atoms with van der Waals surface area (Å²) < 4.78 is 0. The van der Waals surface area contributed by atoms with Gasteiger partial charge in [0.05, 0.1) is 0 Å². The van der Waals surface area contributed by atoms with Gasteiger partial charge in [-0.1, -0.05) is 53.4 Å². The second kappa shape index (κ2) is 6.44. The van der Waals surface area contributed by atoms with Crippen molar-refractivity contribution in [2.75, 3.05) is 14.1 Å². The zero-order valence-corrected chi connectivity index (χ0v) is 11.1. The van der Waals surface area contributed by atoms with Gasteiger partial charge in [-0.3, -0.25) is 0 Å². The summed E-state index contributed by atoms with van der Waals surface area (Å²) in [6, 6.07) is 0.722. The average molecular weight is 199 g/mol. The Morgan fingerprint density at radius 3 is 1.93 bits per heavy atom. The van der Waals surface area contributed by atoms with Crippen LogP contribution in [0.3, 0.4) is 0 Å². The van der Waals surface area contributed by atoms with Crippen LogP contribution in [0.5, 0.6) is 0 Å². The van der Waals surface area contributed by atoms with Crippen LogP contribution >= 0.6 is 0 Å². The van der Waals surface area contributed by atoms with E-state index in [0.717, 1.165) is 6.04 Å². The minimum Gasteiger partial charge on any atom is -0.306 e. The van der Waals surface area contributed by atoms with Crippen molar-refractivity contribution in [2.24, 2.45) is 5.41 Å². The monoisotopic (exact) mass is 199 g/mol. The van der Waals surface area contributed by atoms with Crippen molar-refractivity contribution in [1.29, 1.82) is 0 Å². The molecule has 0 rings (SSSR count). The minimum atomic E-state index is 0.412. The van der Waals surface area contributed by atoms with E-state index in [1.807, 2.05) is 0 Å². The Kier molecular flexibility index (Phi) is 6.43. The molecule has 0 aliphatic rings. The molecule has 14 heavy (non-hydrogen) atoms. The quantitative estimate of drug-likeness (QED) is 0.586. The zero-order chi connectivity index (χ0) is 11.2. The van der Waals surface area contributed by atoms with E-state index in [2.05, 4.69) is 46.7 Å². The van der Waals surface area contributed by atoms with Gasteiger partial charge in [0.25, 0.3) is 0 Å². The van der Waals surface area contributed by atoms with Crippen LogP contribution in [0, 0.1) is 5.41 Å². The van der Waals surface area contributed by atoms with Gasteiger partial charge >= 0.3 is 0 Å². The molecule has 0 aliphatic carbocycles. The van der Waals surface area contributed by atoms with Gasteiger partial charge in [0.2, 0.25) is 0 Å². The van der Waals surface area contributed by atoms with Crippen molar-refractivity contribution >= 4 is 0 Å². The number of hydrogen-bond acceptors (Lipinski definition) is 1. The molecule has 1 nitrogen and oxygen atoms in total. The fourth-order valence-corrected chi connectivity index (χ4v) is 2.23. The average Bonchev–Trinajstić information content (AvgIpc) is 2.01. The molecule has 86 valence electrons. The Morgan fingerprint density at radius 2 is 1.57 bits per heavy atom. The van der Waals surface area contributed by atoms with E-state index in [9.17, 15) is 0 Å². The third-order valence-corrected chi connectivity index (χ3v) is 2.95. The van der Waals surface area contributed by atoms with Gasteiger partial charge in [0, 0.05) is 6.04 Å². The first-order chi connectivity index (χ1) is 6.39. The molecular weight excluding hydrogens is 170 g/mol. The molecule has 0 fully saturated rings. The van der Waals surface area contributed by atoms with E-state index in [0.29, 0.717) is 5.41 Å². The van der Waals surface area contributed by atoms with Gasteiger partial charge in [0.1, 0.15) is 0 Å². The van der Waals surface area contributed by atoms with Crippen molar-refractivity contribution in [1.82, 2.24) is 4.90 Å². The Balaban J connectivity index is 3.87. The molecule has 0 radical (unpaired) electrons. The maximum atomic E-state index is 2.38.